The first-order chi connectivity index (χ1) is 6.74. The molecule has 3 nitrogen and oxygen atoms in total. The number of nitrogens with zero attached hydrogens (tertiary/aromatic N) is 1. The van der Waals surface area contributed by atoms with E-state index < -0.39 is 0 Å². The second-order valence-corrected chi connectivity index (χ2v) is 5.37. The molecule has 0 aromatic carbocycles. The van der Waals surface area contributed by atoms with Gasteiger partial charge in [0.2, 0.25) is 5.91 Å². The molecule has 2 fully saturated rings. The average molecular weight is 214 g/mol. The van der Waals surface area contributed by atoms with Crippen LogP contribution in [-0.2, 0) is 4.79 Å². The van der Waals surface area contributed by atoms with E-state index in [0.29, 0.717) is 17.3 Å². The third-order valence-corrected chi connectivity index (χ3v) is 4.68. The summed E-state index contributed by atoms with van der Waals surface area (Å²) in [5, 5.41) is 3.58. The van der Waals surface area contributed by atoms with E-state index in [2.05, 4.69) is 17.1 Å². The topological polar surface area (TPSA) is 32.3 Å². The maximum absolute atomic E-state index is 12.1. The SMILES string of the molecule is CNC1CCCC2SCC(C)N2C1=O. The summed E-state index contributed by atoms with van der Waals surface area (Å²) in [4.78, 5) is 14.2. The summed E-state index contributed by atoms with van der Waals surface area (Å²) in [5.74, 6) is 1.42. The van der Waals surface area contributed by atoms with Crippen LogP contribution in [0, 0.1) is 0 Å². The molecule has 0 aromatic heterocycles. The number of thioether (sulfide) groups is 1. The molecule has 0 saturated carbocycles. The molecular weight excluding hydrogens is 196 g/mol. The molecule has 0 spiro atoms. The van der Waals surface area contributed by atoms with Crippen LogP contribution in [0.15, 0.2) is 0 Å². The predicted molar refractivity (Wildman–Crippen MR) is 59.3 cm³/mol. The third-order valence-electron chi connectivity index (χ3n) is 3.16. The normalized spacial score (nSPS) is 38.3. The number of carbonyl (C=O) groups is 1. The molecule has 3 unspecified atom stereocenters. The Morgan fingerprint density at radius 1 is 1.50 bits per heavy atom. The van der Waals surface area contributed by atoms with Crippen molar-refractivity contribution in [3.63, 3.8) is 0 Å². The van der Waals surface area contributed by atoms with Gasteiger partial charge in [-0.05, 0) is 33.2 Å². The van der Waals surface area contributed by atoms with E-state index in [1.165, 1.54) is 6.42 Å². The van der Waals surface area contributed by atoms with Gasteiger partial charge in [-0.2, -0.15) is 0 Å². The molecule has 80 valence electrons. The zero-order valence-electron chi connectivity index (χ0n) is 8.82. The van der Waals surface area contributed by atoms with E-state index in [1.807, 2.05) is 18.8 Å². The minimum atomic E-state index is 0.0566. The molecule has 2 aliphatic heterocycles. The van der Waals surface area contributed by atoms with Gasteiger partial charge in [0.15, 0.2) is 0 Å². The zero-order chi connectivity index (χ0) is 10.1. The minimum absolute atomic E-state index is 0.0566. The summed E-state index contributed by atoms with van der Waals surface area (Å²) in [5.41, 5.74) is 0. The number of carbonyl (C=O) groups excluding carboxylic acids is 1. The Morgan fingerprint density at radius 2 is 2.29 bits per heavy atom. The van der Waals surface area contributed by atoms with Gasteiger partial charge in [-0.3, -0.25) is 4.79 Å². The molecule has 2 aliphatic rings. The van der Waals surface area contributed by atoms with Crippen molar-refractivity contribution in [3.8, 4) is 0 Å². The fourth-order valence-corrected chi connectivity index (χ4v) is 3.81. The maximum Gasteiger partial charge on any atom is 0.240 e. The lowest BCUT2D eigenvalue weighted by atomic mass is 10.1. The van der Waals surface area contributed by atoms with Crippen LogP contribution in [0.25, 0.3) is 0 Å². The largest absolute Gasteiger partial charge is 0.326 e. The summed E-state index contributed by atoms with van der Waals surface area (Å²) >= 11 is 1.94. The quantitative estimate of drug-likeness (QED) is 0.708. The van der Waals surface area contributed by atoms with Gasteiger partial charge in [0.25, 0.3) is 0 Å². The first-order valence-electron chi connectivity index (χ1n) is 5.35. The Kier molecular flexibility index (Phi) is 3.02. The average Bonchev–Trinajstić information content (AvgIpc) is 2.45. The fraction of sp³-hybridized carbons (Fsp3) is 0.900. The van der Waals surface area contributed by atoms with E-state index in [-0.39, 0.29) is 6.04 Å². The van der Waals surface area contributed by atoms with Crippen LogP contribution in [0.5, 0.6) is 0 Å². The number of likely N-dealkylation sites (N-methyl/N-ethyl adjacent to an activating group) is 1. The van der Waals surface area contributed by atoms with Crippen molar-refractivity contribution in [2.45, 2.75) is 43.6 Å². The standard InChI is InChI=1S/C10H18N2OS/c1-7-6-14-9-5-3-4-8(11-2)10(13)12(7)9/h7-9,11H,3-6H2,1-2H3. The zero-order valence-corrected chi connectivity index (χ0v) is 9.64. The molecule has 4 heteroatoms. The molecule has 0 bridgehead atoms. The maximum atomic E-state index is 12.1. The predicted octanol–water partition coefficient (Wildman–Crippen LogP) is 1.05. The van der Waals surface area contributed by atoms with E-state index in [9.17, 15) is 4.79 Å². The highest BCUT2D eigenvalue weighted by Gasteiger charge is 2.39. The number of fused-ring (bicyclic) bond motifs is 1. The van der Waals surface area contributed by atoms with Crippen LogP contribution in [0.3, 0.4) is 0 Å². The van der Waals surface area contributed by atoms with Gasteiger partial charge in [0.1, 0.15) is 0 Å². The van der Waals surface area contributed by atoms with E-state index in [1.54, 1.807) is 0 Å². The molecule has 2 rings (SSSR count). The molecule has 14 heavy (non-hydrogen) atoms. The van der Waals surface area contributed by atoms with E-state index >= 15 is 0 Å². The molecule has 3 atom stereocenters. The Balaban J connectivity index is 2.16. The van der Waals surface area contributed by atoms with Crippen molar-refractivity contribution in [1.29, 1.82) is 0 Å². The molecular formula is C10H18N2OS. The van der Waals surface area contributed by atoms with Crippen molar-refractivity contribution in [2.75, 3.05) is 12.8 Å². The van der Waals surface area contributed by atoms with Crippen molar-refractivity contribution < 1.29 is 4.79 Å². The van der Waals surface area contributed by atoms with Crippen LogP contribution in [0.4, 0.5) is 0 Å². The Morgan fingerprint density at radius 3 is 3.00 bits per heavy atom. The van der Waals surface area contributed by atoms with E-state index in [0.717, 1.165) is 18.6 Å². The van der Waals surface area contributed by atoms with Crippen LogP contribution in [-0.4, -0.2) is 41.1 Å². The second kappa shape index (κ2) is 4.11. The van der Waals surface area contributed by atoms with E-state index in [4.69, 9.17) is 0 Å². The van der Waals surface area contributed by atoms with Gasteiger partial charge in [-0.1, -0.05) is 0 Å². The molecule has 2 heterocycles. The summed E-state index contributed by atoms with van der Waals surface area (Å²) in [6, 6.07) is 0.479. The third kappa shape index (κ3) is 1.65. The van der Waals surface area contributed by atoms with Gasteiger partial charge in [0, 0.05) is 11.8 Å². The second-order valence-electron chi connectivity index (χ2n) is 4.15. The van der Waals surface area contributed by atoms with Crippen molar-refractivity contribution in [3.05, 3.63) is 0 Å². The number of hydrogen-bond donors (Lipinski definition) is 1. The highest BCUT2D eigenvalue weighted by Crippen LogP contribution is 2.35. The minimum Gasteiger partial charge on any atom is -0.326 e. The molecule has 0 aromatic rings. The molecule has 0 aliphatic carbocycles. The van der Waals surface area contributed by atoms with Crippen LogP contribution >= 0.6 is 11.8 Å². The molecule has 1 N–H and O–H groups in total. The number of amides is 1. The lowest BCUT2D eigenvalue weighted by Crippen LogP contribution is -2.47. The Labute approximate surface area is 89.6 Å². The Hall–Kier alpha value is -0.220. The van der Waals surface area contributed by atoms with Gasteiger partial charge in [-0.15, -0.1) is 11.8 Å². The van der Waals surface area contributed by atoms with Crippen LogP contribution < -0.4 is 5.32 Å². The highest BCUT2D eigenvalue weighted by atomic mass is 32.2. The number of rotatable bonds is 1. The summed E-state index contributed by atoms with van der Waals surface area (Å²) in [6.45, 7) is 2.16. The van der Waals surface area contributed by atoms with Crippen LogP contribution in [0.1, 0.15) is 26.2 Å². The lowest BCUT2D eigenvalue weighted by Gasteiger charge is -2.27. The highest BCUT2D eigenvalue weighted by molar-refractivity contribution is 8.00. The van der Waals surface area contributed by atoms with Gasteiger partial charge in [0.05, 0.1) is 11.4 Å². The lowest BCUT2D eigenvalue weighted by molar-refractivity contribution is -0.134. The number of hydrogen-bond acceptors (Lipinski definition) is 3. The first-order valence-corrected chi connectivity index (χ1v) is 6.40. The molecule has 0 radical (unpaired) electrons. The summed E-state index contributed by atoms with van der Waals surface area (Å²) in [7, 11) is 1.89. The van der Waals surface area contributed by atoms with Crippen LogP contribution in [0.2, 0.25) is 0 Å². The smallest absolute Gasteiger partial charge is 0.240 e. The van der Waals surface area contributed by atoms with Gasteiger partial charge >= 0.3 is 0 Å². The summed E-state index contributed by atoms with van der Waals surface area (Å²) < 4.78 is 0. The van der Waals surface area contributed by atoms with Gasteiger partial charge < -0.3 is 10.2 Å². The van der Waals surface area contributed by atoms with Crippen molar-refractivity contribution in [2.24, 2.45) is 0 Å². The van der Waals surface area contributed by atoms with Crippen molar-refractivity contribution in [1.82, 2.24) is 10.2 Å². The first kappa shape index (κ1) is 10.3. The molecule has 1 amide bonds. The molecule has 2 saturated heterocycles. The Bertz CT molecular complexity index is 234. The van der Waals surface area contributed by atoms with Gasteiger partial charge in [-0.25, -0.2) is 0 Å². The number of nitrogens with one attached hydrogen (secondary N) is 1. The fourth-order valence-electron chi connectivity index (χ4n) is 2.34. The van der Waals surface area contributed by atoms with Crippen molar-refractivity contribution >= 4 is 17.7 Å². The monoisotopic (exact) mass is 214 g/mol. The summed E-state index contributed by atoms with van der Waals surface area (Å²) in [6.07, 6.45) is 3.33.